The van der Waals surface area contributed by atoms with Gasteiger partial charge in [-0.1, -0.05) is 6.42 Å². The maximum absolute atomic E-state index is 11.9. The van der Waals surface area contributed by atoms with Gasteiger partial charge in [-0.3, -0.25) is 4.79 Å². The van der Waals surface area contributed by atoms with Crippen LogP contribution in [0.3, 0.4) is 0 Å². The summed E-state index contributed by atoms with van der Waals surface area (Å²) < 4.78 is 5.54. The summed E-state index contributed by atoms with van der Waals surface area (Å²) in [5, 5.41) is 7.19. The van der Waals surface area contributed by atoms with Crippen LogP contribution in [0.1, 0.15) is 51.9 Å². The van der Waals surface area contributed by atoms with Crippen LogP contribution in [0.5, 0.6) is 0 Å². The molecule has 0 spiro atoms. The number of aliphatic imine (C=N–C) groups is 1. The lowest BCUT2D eigenvalue weighted by Gasteiger charge is -2.26. The number of likely N-dealkylation sites (N-methyl/N-ethyl adjacent to an activating group) is 1. The van der Waals surface area contributed by atoms with E-state index in [0.717, 1.165) is 44.0 Å². The Balaban J connectivity index is 0.00000261. The van der Waals surface area contributed by atoms with Crippen molar-refractivity contribution in [2.75, 3.05) is 40.4 Å². The van der Waals surface area contributed by atoms with Crippen LogP contribution in [-0.4, -0.2) is 63.2 Å². The molecular formula is C20H37IN4O2. The first-order valence-electron chi connectivity index (χ1n) is 10.3. The average molecular weight is 492 g/mol. The molecular weight excluding hydrogens is 455 g/mol. The summed E-state index contributed by atoms with van der Waals surface area (Å²) in [6.07, 6.45) is 8.96. The molecule has 3 unspecified atom stereocenters. The van der Waals surface area contributed by atoms with Gasteiger partial charge in [0, 0.05) is 39.9 Å². The summed E-state index contributed by atoms with van der Waals surface area (Å²) in [5.41, 5.74) is 0.359. The van der Waals surface area contributed by atoms with Gasteiger partial charge in [0.2, 0.25) is 5.91 Å². The molecule has 0 radical (unpaired) electrons. The number of ether oxygens (including phenoxy) is 1. The number of carbonyl (C=O) groups excluding carboxylic acids is 1. The van der Waals surface area contributed by atoms with E-state index >= 15 is 0 Å². The molecule has 0 heterocycles. The molecule has 2 bridgehead atoms. The molecule has 0 aliphatic heterocycles. The van der Waals surface area contributed by atoms with Gasteiger partial charge in [0.05, 0.1) is 0 Å². The molecule has 3 atom stereocenters. The molecule has 3 rings (SSSR count). The van der Waals surface area contributed by atoms with Crippen molar-refractivity contribution in [1.82, 2.24) is 15.5 Å². The van der Waals surface area contributed by atoms with E-state index in [4.69, 9.17) is 4.74 Å². The molecule has 27 heavy (non-hydrogen) atoms. The van der Waals surface area contributed by atoms with Gasteiger partial charge in [-0.15, -0.1) is 24.0 Å². The van der Waals surface area contributed by atoms with Gasteiger partial charge in [0.25, 0.3) is 0 Å². The normalized spacial score (nSPS) is 27.8. The Morgan fingerprint density at radius 2 is 2.04 bits per heavy atom. The zero-order valence-corrected chi connectivity index (χ0v) is 19.5. The largest absolute Gasteiger partial charge is 0.382 e. The molecule has 7 heteroatoms. The van der Waals surface area contributed by atoms with Crippen molar-refractivity contribution in [3.63, 3.8) is 0 Å². The highest BCUT2D eigenvalue weighted by molar-refractivity contribution is 14.0. The van der Waals surface area contributed by atoms with Crippen molar-refractivity contribution < 1.29 is 9.53 Å². The predicted octanol–water partition coefficient (Wildman–Crippen LogP) is 2.62. The quantitative estimate of drug-likeness (QED) is 0.225. The fourth-order valence-electron chi connectivity index (χ4n) is 4.43. The second-order valence-electron chi connectivity index (χ2n) is 8.68. The number of carbonyl (C=O) groups is 1. The highest BCUT2D eigenvalue weighted by Crippen LogP contribution is 2.48. The first-order valence-corrected chi connectivity index (χ1v) is 10.3. The van der Waals surface area contributed by atoms with Gasteiger partial charge in [-0.25, -0.2) is 4.99 Å². The van der Waals surface area contributed by atoms with E-state index in [2.05, 4.69) is 15.6 Å². The third kappa shape index (κ3) is 6.48. The Morgan fingerprint density at radius 1 is 1.26 bits per heavy atom. The molecule has 156 valence electrons. The Morgan fingerprint density at radius 3 is 2.59 bits per heavy atom. The average Bonchev–Trinajstić information content (AvgIpc) is 3.07. The van der Waals surface area contributed by atoms with Gasteiger partial charge in [0.1, 0.15) is 6.54 Å². The first kappa shape index (κ1) is 22.7. The minimum absolute atomic E-state index is 0. The Kier molecular flexibility index (Phi) is 8.65. The molecule has 3 saturated carbocycles. The minimum Gasteiger partial charge on any atom is -0.382 e. The monoisotopic (exact) mass is 492 g/mol. The summed E-state index contributed by atoms with van der Waals surface area (Å²) in [5.74, 6) is 2.53. The van der Waals surface area contributed by atoms with Crippen LogP contribution in [-0.2, 0) is 9.53 Å². The zero-order valence-electron chi connectivity index (χ0n) is 17.1. The summed E-state index contributed by atoms with van der Waals surface area (Å²) in [4.78, 5) is 18.1. The first-order chi connectivity index (χ1) is 12.5. The van der Waals surface area contributed by atoms with Gasteiger partial charge < -0.3 is 20.3 Å². The Hall–Kier alpha value is -0.570. The van der Waals surface area contributed by atoms with Crippen molar-refractivity contribution >= 4 is 35.8 Å². The third-order valence-corrected chi connectivity index (χ3v) is 6.50. The molecule has 3 aliphatic carbocycles. The smallest absolute Gasteiger partial charge is 0.243 e. The number of hydrogen-bond acceptors (Lipinski definition) is 3. The number of nitrogens with zero attached hydrogens (tertiary/aromatic N) is 2. The van der Waals surface area contributed by atoms with Gasteiger partial charge in [0.15, 0.2) is 5.96 Å². The summed E-state index contributed by atoms with van der Waals surface area (Å²) in [6.45, 7) is 4.79. The topological polar surface area (TPSA) is 66.0 Å². The Bertz CT molecular complexity index is 522. The summed E-state index contributed by atoms with van der Waals surface area (Å²) in [7, 11) is 3.56. The van der Waals surface area contributed by atoms with Crippen LogP contribution in [0.4, 0.5) is 0 Å². The van der Waals surface area contributed by atoms with Crippen molar-refractivity contribution in [3.05, 3.63) is 0 Å². The zero-order chi connectivity index (χ0) is 18.6. The number of fused-ring (bicyclic) bond motifs is 2. The van der Waals surface area contributed by atoms with E-state index in [9.17, 15) is 4.79 Å². The highest BCUT2D eigenvalue weighted by atomic mass is 127. The van der Waals surface area contributed by atoms with E-state index < -0.39 is 0 Å². The number of rotatable bonds is 9. The van der Waals surface area contributed by atoms with E-state index in [1.165, 1.54) is 38.5 Å². The molecule has 0 saturated heterocycles. The molecule has 6 nitrogen and oxygen atoms in total. The van der Waals surface area contributed by atoms with Crippen molar-refractivity contribution in [1.29, 1.82) is 0 Å². The van der Waals surface area contributed by atoms with E-state index in [1.54, 1.807) is 19.0 Å². The molecule has 1 amide bonds. The fraction of sp³-hybridized carbons (Fsp3) is 0.900. The van der Waals surface area contributed by atoms with Crippen LogP contribution < -0.4 is 10.6 Å². The molecule has 0 aromatic rings. The molecule has 0 aromatic carbocycles. The van der Waals surface area contributed by atoms with Gasteiger partial charge in [-0.2, -0.15) is 0 Å². The lowest BCUT2D eigenvalue weighted by Crippen LogP contribution is -2.47. The Labute approximate surface area is 181 Å². The predicted molar refractivity (Wildman–Crippen MR) is 120 cm³/mol. The van der Waals surface area contributed by atoms with E-state index in [1.807, 2.05) is 6.92 Å². The maximum Gasteiger partial charge on any atom is 0.243 e. The number of halogens is 1. The van der Waals surface area contributed by atoms with Crippen LogP contribution in [0.2, 0.25) is 0 Å². The van der Waals surface area contributed by atoms with E-state index in [-0.39, 0.29) is 36.4 Å². The standard InChI is InChI=1S/C20H36N4O2.HI/c1-4-26-10-9-20(7-8-20)14-22-19(21-13-18(25)24(2)3)23-17-12-15-5-6-16(17)11-15;/h15-17H,4-14H2,1-3H3,(H2,21,22,23);1H. The molecule has 0 aromatic heterocycles. The van der Waals surface area contributed by atoms with Crippen molar-refractivity contribution in [3.8, 4) is 0 Å². The molecule has 3 fully saturated rings. The maximum atomic E-state index is 11.9. The highest BCUT2D eigenvalue weighted by Gasteiger charge is 2.43. The van der Waals surface area contributed by atoms with E-state index in [0.29, 0.717) is 11.5 Å². The van der Waals surface area contributed by atoms with Crippen molar-refractivity contribution in [2.45, 2.75) is 57.9 Å². The van der Waals surface area contributed by atoms with Crippen LogP contribution in [0, 0.1) is 17.3 Å². The van der Waals surface area contributed by atoms with Crippen LogP contribution >= 0.6 is 24.0 Å². The van der Waals surface area contributed by atoms with Gasteiger partial charge >= 0.3 is 0 Å². The number of amides is 1. The van der Waals surface area contributed by atoms with Crippen molar-refractivity contribution in [2.24, 2.45) is 22.2 Å². The number of hydrogen-bond donors (Lipinski definition) is 2. The SMILES string of the molecule is CCOCCC1(CNC(=NCC(=O)N(C)C)NC2CC3CCC2C3)CC1.I. The molecule has 3 aliphatic rings. The number of nitrogens with one attached hydrogen (secondary N) is 2. The van der Waals surface area contributed by atoms with Crippen LogP contribution in [0.15, 0.2) is 4.99 Å². The number of guanidine groups is 1. The fourth-order valence-corrected chi connectivity index (χ4v) is 4.43. The summed E-state index contributed by atoms with van der Waals surface area (Å²) in [6, 6.07) is 0.521. The van der Waals surface area contributed by atoms with Gasteiger partial charge in [-0.05, 0) is 62.7 Å². The second-order valence-corrected chi connectivity index (χ2v) is 8.68. The molecule has 2 N–H and O–H groups in total. The summed E-state index contributed by atoms with van der Waals surface area (Å²) >= 11 is 0. The lowest BCUT2D eigenvalue weighted by molar-refractivity contribution is -0.127. The lowest BCUT2D eigenvalue weighted by atomic mass is 9.95. The van der Waals surface area contributed by atoms with Crippen LogP contribution in [0.25, 0.3) is 0 Å². The second kappa shape index (κ2) is 10.3. The minimum atomic E-state index is 0. The third-order valence-electron chi connectivity index (χ3n) is 6.50.